The Morgan fingerprint density at radius 3 is 2.62 bits per heavy atom. The normalized spacial score (nSPS) is 21.0. The molecule has 0 radical (unpaired) electrons. The molecule has 0 aliphatic carbocycles. The van der Waals surface area contributed by atoms with Crippen LogP contribution < -0.4 is 10.1 Å². The monoisotopic (exact) mass is 293 g/mol. The third kappa shape index (κ3) is 3.72. The van der Waals surface area contributed by atoms with Crippen molar-refractivity contribution in [1.29, 1.82) is 0 Å². The standard InChI is InChI=1S/C15H19NO5/c1-2-21-12-5-3-11(4-6-12)9-13(17)16-15(14(18)19)7-8-20-10-15/h3-6H,2,7-10H2,1H3,(H,16,17)(H,18,19). The molecule has 2 rings (SSSR count). The average Bonchev–Trinajstić information content (AvgIpc) is 2.91. The van der Waals surface area contributed by atoms with E-state index in [-0.39, 0.29) is 25.4 Å². The van der Waals surface area contributed by atoms with E-state index in [0.717, 1.165) is 11.3 Å². The number of carboxylic acid groups (broad SMARTS) is 1. The number of carboxylic acids is 1. The zero-order chi connectivity index (χ0) is 15.3. The molecule has 1 unspecified atom stereocenters. The molecule has 6 heteroatoms. The number of rotatable bonds is 6. The molecule has 21 heavy (non-hydrogen) atoms. The van der Waals surface area contributed by atoms with Crippen molar-refractivity contribution in [2.24, 2.45) is 0 Å². The summed E-state index contributed by atoms with van der Waals surface area (Å²) in [4.78, 5) is 23.3. The van der Waals surface area contributed by atoms with Crippen molar-refractivity contribution in [3.05, 3.63) is 29.8 Å². The molecule has 1 saturated heterocycles. The first-order chi connectivity index (χ1) is 10.1. The molecule has 1 aromatic rings. The highest BCUT2D eigenvalue weighted by Crippen LogP contribution is 2.19. The first kappa shape index (κ1) is 15.3. The minimum absolute atomic E-state index is 0.0113. The van der Waals surface area contributed by atoms with Gasteiger partial charge in [0.1, 0.15) is 5.75 Å². The van der Waals surface area contributed by atoms with E-state index in [9.17, 15) is 14.7 Å². The molecule has 114 valence electrons. The molecular formula is C15H19NO5. The highest BCUT2D eigenvalue weighted by atomic mass is 16.5. The maximum Gasteiger partial charge on any atom is 0.331 e. The van der Waals surface area contributed by atoms with Gasteiger partial charge in [-0.2, -0.15) is 0 Å². The van der Waals surface area contributed by atoms with Gasteiger partial charge >= 0.3 is 5.97 Å². The van der Waals surface area contributed by atoms with Crippen molar-refractivity contribution >= 4 is 11.9 Å². The molecule has 0 aromatic heterocycles. The van der Waals surface area contributed by atoms with E-state index in [0.29, 0.717) is 13.2 Å². The fourth-order valence-electron chi connectivity index (χ4n) is 2.25. The summed E-state index contributed by atoms with van der Waals surface area (Å²) < 4.78 is 10.4. The van der Waals surface area contributed by atoms with Crippen molar-refractivity contribution in [2.75, 3.05) is 19.8 Å². The van der Waals surface area contributed by atoms with Gasteiger partial charge in [0.25, 0.3) is 0 Å². The van der Waals surface area contributed by atoms with Gasteiger partial charge in [0.05, 0.1) is 19.6 Å². The van der Waals surface area contributed by atoms with E-state index >= 15 is 0 Å². The minimum Gasteiger partial charge on any atom is -0.494 e. The highest BCUT2D eigenvalue weighted by Gasteiger charge is 2.43. The van der Waals surface area contributed by atoms with Gasteiger partial charge in [-0.15, -0.1) is 0 Å². The van der Waals surface area contributed by atoms with Crippen LogP contribution in [0.1, 0.15) is 18.9 Å². The summed E-state index contributed by atoms with van der Waals surface area (Å²) in [6.45, 7) is 2.84. The number of carbonyl (C=O) groups excluding carboxylic acids is 1. The Morgan fingerprint density at radius 2 is 2.10 bits per heavy atom. The van der Waals surface area contributed by atoms with Crippen LogP contribution in [0, 0.1) is 0 Å². The summed E-state index contributed by atoms with van der Waals surface area (Å²) in [5.41, 5.74) is -0.488. The summed E-state index contributed by atoms with van der Waals surface area (Å²) in [6, 6.07) is 7.17. The van der Waals surface area contributed by atoms with Crippen LogP contribution in [0.25, 0.3) is 0 Å². The van der Waals surface area contributed by atoms with Crippen LogP contribution in [0.15, 0.2) is 24.3 Å². The molecule has 2 N–H and O–H groups in total. The number of nitrogens with one attached hydrogen (secondary N) is 1. The first-order valence-corrected chi connectivity index (χ1v) is 6.89. The lowest BCUT2D eigenvalue weighted by atomic mass is 9.98. The molecule has 1 fully saturated rings. The molecule has 1 aromatic carbocycles. The van der Waals surface area contributed by atoms with Crippen molar-refractivity contribution < 1.29 is 24.2 Å². The Bertz CT molecular complexity index is 505. The average molecular weight is 293 g/mol. The molecule has 6 nitrogen and oxygen atoms in total. The van der Waals surface area contributed by atoms with Gasteiger partial charge in [0.2, 0.25) is 5.91 Å². The van der Waals surface area contributed by atoms with E-state index in [2.05, 4.69) is 5.32 Å². The largest absolute Gasteiger partial charge is 0.494 e. The summed E-state index contributed by atoms with van der Waals surface area (Å²) in [5, 5.41) is 11.8. The van der Waals surface area contributed by atoms with Gasteiger partial charge < -0.3 is 19.9 Å². The van der Waals surface area contributed by atoms with Crippen LogP contribution in [-0.2, 0) is 20.7 Å². The van der Waals surface area contributed by atoms with E-state index in [1.807, 2.05) is 6.92 Å². The number of carbonyl (C=O) groups is 2. The number of aliphatic carboxylic acids is 1. The molecular weight excluding hydrogens is 274 g/mol. The van der Waals surface area contributed by atoms with Crippen LogP contribution in [0.2, 0.25) is 0 Å². The highest BCUT2D eigenvalue weighted by molar-refractivity contribution is 5.88. The van der Waals surface area contributed by atoms with Gasteiger partial charge in [-0.25, -0.2) is 4.79 Å². The maximum absolute atomic E-state index is 12.0. The lowest BCUT2D eigenvalue weighted by Gasteiger charge is -2.23. The molecule has 1 aliphatic heterocycles. The number of ether oxygens (including phenoxy) is 2. The summed E-state index contributed by atoms with van der Waals surface area (Å²) in [7, 11) is 0. The first-order valence-electron chi connectivity index (χ1n) is 6.89. The number of amides is 1. The van der Waals surface area contributed by atoms with Gasteiger partial charge in [-0.1, -0.05) is 12.1 Å². The molecule has 1 heterocycles. The van der Waals surface area contributed by atoms with Crippen LogP contribution in [0.5, 0.6) is 5.75 Å². The van der Waals surface area contributed by atoms with Gasteiger partial charge in [-0.05, 0) is 24.6 Å². The Kier molecular flexibility index (Phi) is 4.80. The fourth-order valence-corrected chi connectivity index (χ4v) is 2.25. The lowest BCUT2D eigenvalue weighted by Crippen LogP contribution is -2.55. The second-order valence-corrected chi connectivity index (χ2v) is 4.99. The third-order valence-corrected chi connectivity index (χ3v) is 3.41. The van der Waals surface area contributed by atoms with Crippen molar-refractivity contribution in [1.82, 2.24) is 5.32 Å². The summed E-state index contributed by atoms with van der Waals surface area (Å²) in [6.07, 6.45) is 0.415. The predicted octanol–water partition coefficient (Wildman–Crippen LogP) is 0.988. The van der Waals surface area contributed by atoms with Crippen LogP contribution in [0.3, 0.4) is 0 Å². The summed E-state index contributed by atoms with van der Waals surface area (Å²) >= 11 is 0. The van der Waals surface area contributed by atoms with Gasteiger partial charge in [-0.3, -0.25) is 4.79 Å². The second-order valence-electron chi connectivity index (χ2n) is 4.99. The number of hydrogen-bond donors (Lipinski definition) is 2. The molecule has 0 bridgehead atoms. The van der Waals surface area contributed by atoms with E-state index in [1.165, 1.54) is 0 Å². The molecule has 1 atom stereocenters. The van der Waals surface area contributed by atoms with E-state index in [1.54, 1.807) is 24.3 Å². The van der Waals surface area contributed by atoms with E-state index in [4.69, 9.17) is 9.47 Å². The van der Waals surface area contributed by atoms with Gasteiger partial charge in [0, 0.05) is 13.0 Å². The SMILES string of the molecule is CCOc1ccc(CC(=O)NC2(C(=O)O)CCOC2)cc1. The maximum atomic E-state index is 12.0. The third-order valence-electron chi connectivity index (χ3n) is 3.41. The van der Waals surface area contributed by atoms with Crippen LogP contribution >= 0.6 is 0 Å². The number of hydrogen-bond acceptors (Lipinski definition) is 4. The lowest BCUT2D eigenvalue weighted by molar-refractivity contribution is -0.147. The molecule has 1 amide bonds. The Hall–Kier alpha value is -2.08. The molecule has 0 saturated carbocycles. The molecule has 1 aliphatic rings. The Labute approximate surface area is 123 Å². The Morgan fingerprint density at radius 1 is 1.38 bits per heavy atom. The van der Waals surface area contributed by atoms with E-state index < -0.39 is 11.5 Å². The van der Waals surface area contributed by atoms with Crippen molar-refractivity contribution in [2.45, 2.75) is 25.3 Å². The minimum atomic E-state index is -1.29. The zero-order valence-corrected chi connectivity index (χ0v) is 11.9. The predicted molar refractivity (Wildman–Crippen MR) is 75.3 cm³/mol. The van der Waals surface area contributed by atoms with Crippen molar-refractivity contribution in [3.8, 4) is 5.75 Å². The second kappa shape index (κ2) is 6.58. The smallest absolute Gasteiger partial charge is 0.331 e. The quantitative estimate of drug-likeness (QED) is 0.817. The van der Waals surface area contributed by atoms with Crippen molar-refractivity contribution in [3.63, 3.8) is 0 Å². The van der Waals surface area contributed by atoms with Gasteiger partial charge in [0.15, 0.2) is 5.54 Å². The fraction of sp³-hybridized carbons (Fsp3) is 0.467. The van der Waals surface area contributed by atoms with Crippen LogP contribution in [0.4, 0.5) is 0 Å². The summed E-state index contributed by atoms with van der Waals surface area (Å²) in [5.74, 6) is -0.639. The Balaban J connectivity index is 1.96. The topological polar surface area (TPSA) is 84.9 Å². The van der Waals surface area contributed by atoms with Crippen LogP contribution in [-0.4, -0.2) is 42.3 Å². The zero-order valence-electron chi connectivity index (χ0n) is 11.9. The molecule has 0 spiro atoms. The number of benzene rings is 1.